The minimum absolute atomic E-state index is 0.0309. The molecular weight excluding hydrogens is 238 g/mol. The maximum absolute atomic E-state index is 11.8. The minimum Gasteiger partial charge on any atom is -0.387 e. The summed E-state index contributed by atoms with van der Waals surface area (Å²) in [5.74, 6) is -0.341. The molecule has 5 nitrogen and oxygen atoms in total. The molecule has 6 heteroatoms. The second-order valence-corrected chi connectivity index (χ2v) is 5.79. The number of benzene rings is 1. The Morgan fingerprint density at radius 1 is 1.41 bits per heavy atom. The average molecular weight is 255 g/mol. The number of sulfonamides is 1. The van der Waals surface area contributed by atoms with Crippen molar-refractivity contribution in [3.8, 4) is 0 Å². The van der Waals surface area contributed by atoms with Gasteiger partial charge < -0.3 is 5.73 Å². The third-order valence-corrected chi connectivity index (χ3v) is 3.88. The molecule has 0 fully saturated rings. The molecule has 0 spiro atoms. The van der Waals surface area contributed by atoms with E-state index in [4.69, 9.17) is 11.1 Å². The van der Waals surface area contributed by atoms with Crippen LogP contribution < -0.4 is 10.5 Å². The third kappa shape index (κ3) is 3.83. The van der Waals surface area contributed by atoms with Crippen molar-refractivity contribution in [1.82, 2.24) is 4.72 Å². The first-order chi connectivity index (χ1) is 7.83. The van der Waals surface area contributed by atoms with Crippen molar-refractivity contribution in [1.29, 1.82) is 5.41 Å². The molecule has 17 heavy (non-hydrogen) atoms. The van der Waals surface area contributed by atoms with Crippen molar-refractivity contribution in [3.63, 3.8) is 0 Å². The van der Waals surface area contributed by atoms with E-state index in [1.807, 2.05) is 6.92 Å². The Labute approximate surface area is 102 Å². The van der Waals surface area contributed by atoms with Gasteiger partial charge in [-0.1, -0.05) is 24.6 Å². The molecule has 1 aromatic rings. The SMILES string of the molecule is Cc1ccc(S(=O)(=O)NCC(C)C(=N)N)cc1. The maximum Gasteiger partial charge on any atom is 0.240 e. The zero-order valence-electron chi connectivity index (χ0n) is 9.90. The van der Waals surface area contributed by atoms with Crippen LogP contribution in [0.15, 0.2) is 29.2 Å². The van der Waals surface area contributed by atoms with Crippen LogP contribution in [0.3, 0.4) is 0 Å². The summed E-state index contributed by atoms with van der Waals surface area (Å²) in [5.41, 5.74) is 6.27. The molecule has 0 aliphatic carbocycles. The first-order valence-electron chi connectivity index (χ1n) is 5.23. The highest BCUT2D eigenvalue weighted by Gasteiger charge is 2.15. The molecule has 1 atom stereocenters. The van der Waals surface area contributed by atoms with Gasteiger partial charge in [0, 0.05) is 12.5 Å². The fourth-order valence-corrected chi connectivity index (χ4v) is 2.28. The van der Waals surface area contributed by atoms with E-state index in [1.54, 1.807) is 31.2 Å². The molecule has 0 aliphatic rings. The first-order valence-corrected chi connectivity index (χ1v) is 6.71. The summed E-state index contributed by atoms with van der Waals surface area (Å²) >= 11 is 0. The highest BCUT2D eigenvalue weighted by Crippen LogP contribution is 2.10. The van der Waals surface area contributed by atoms with Gasteiger partial charge in [0.15, 0.2) is 0 Å². The molecule has 0 heterocycles. The Kier molecular flexibility index (Phi) is 4.25. The number of nitrogens with two attached hydrogens (primary N) is 1. The molecule has 0 saturated carbocycles. The normalized spacial score (nSPS) is 13.3. The monoisotopic (exact) mass is 255 g/mol. The lowest BCUT2D eigenvalue weighted by Gasteiger charge is -2.11. The van der Waals surface area contributed by atoms with Crippen molar-refractivity contribution in [3.05, 3.63) is 29.8 Å². The first kappa shape index (κ1) is 13.7. The molecule has 0 bridgehead atoms. The number of hydrogen-bond donors (Lipinski definition) is 3. The molecule has 4 N–H and O–H groups in total. The Morgan fingerprint density at radius 3 is 2.41 bits per heavy atom. The van der Waals surface area contributed by atoms with E-state index in [0.717, 1.165) is 5.56 Å². The number of rotatable bonds is 5. The van der Waals surface area contributed by atoms with Crippen molar-refractivity contribution >= 4 is 15.9 Å². The van der Waals surface area contributed by atoms with Crippen LogP contribution in [0.5, 0.6) is 0 Å². The summed E-state index contributed by atoms with van der Waals surface area (Å²) in [7, 11) is -3.51. The number of nitrogens with one attached hydrogen (secondary N) is 2. The van der Waals surface area contributed by atoms with Crippen LogP contribution in [0, 0.1) is 18.3 Å². The van der Waals surface area contributed by atoms with Crippen molar-refractivity contribution in [2.45, 2.75) is 18.7 Å². The second kappa shape index (κ2) is 5.29. The smallest absolute Gasteiger partial charge is 0.240 e. The van der Waals surface area contributed by atoms with Crippen LogP contribution in [0.1, 0.15) is 12.5 Å². The summed E-state index contributed by atoms with van der Waals surface area (Å²) in [6.45, 7) is 3.72. The van der Waals surface area contributed by atoms with E-state index < -0.39 is 10.0 Å². The van der Waals surface area contributed by atoms with Gasteiger partial charge >= 0.3 is 0 Å². The van der Waals surface area contributed by atoms with Gasteiger partial charge in [0.1, 0.15) is 0 Å². The zero-order valence-corrected chi connectivity index (χ0v) is 10.7. The lowest BCUT2D eigenvalue weighted by Crippen LogP contribution is -2.34. The molecule has 0 saturated heterocycles. The third-order valence-electron chi connectivity index (χ3n) is 2.44. The van der Waals surface area contributed by atoms with E-state index in [2.05, 4.69) is 4.72 Å². The highest BCUT2D eigenvalue weighted by molar-refractivity contribution is 7.89. The van der Waals surface area contributed by atoms with Crippen LogP contribution in [-0.4, -0.2) is 20.8 Å². The fourth-order valence-electron chi connectivity index (χ4n) is 1.15. The Bertz CT molecular complexity index is 494. The van der Waals surface area contributed by atoms with E-state index in [0.29, 0.717) is 0 Å². The summed E-state index contributed by atoms with van der Waals surface area (Å²) in [4.78, 5) is 0.221. The molecule has 0 radical (unpaired) electrons. The second-order valence-electron chi connectivity index (χ2n) is 4.02. The molecule has 94 valence electrons. The van der Waals surface area contributed by atoms with Gasteiger partial charge in [-0.25, -0.2) is 13.1 Å². The average Bonchev–Trinajstić information content (AvgIpc) is 2.26. The molecule has 0 aromatic heterocycles. The van der Waals surface area contributed by atoms with Crippen LogP contribution in [0.2, 0.25) is 0 Å². The van der Waals surface area contributed by atoms with Gasteiger partial charge in [0.05, 0.1) is 10.7 Å². The summed E-state index contributed by atoms with van der Waals surface area (Å²) in [6.07, 6.45) is 0. The quantitative estimate of drug-likeness (QED) is 0.537. The minimum atomic E-state index is -3.51. The molecule has 1 unspecified atom stereocenters. The molecular formula is C11H17N3O2S. The van der Waals surface area contributed by atoms with Crippen LogP contribution in [0.25, 0.3) is 0 Å². The van der Waals surface area contributed by atoms with Gasteiger partial charge in [0.2, 0.25) is 10.0 Å². The number of amidine groups is 1. The highest BCUT2D eigenvalue weighted by atomic mass is 32.2. The van der Waals surface area contributed by atoms with Gasteiger partial charge in [-0.3, -0.25) is 5.41 Å². The van der Waals surface area contributed by atoms with Crippen molar-refractivity contribution < 1.29 is 8.42 Å². The summed E-state index contributed by atoms with van der Waals surface area (Å²) in [6, 6.07) is 6.58. The fraction of sp³-hybridized carbons (Fsp3) is 0.364. The molecule has 1 rings (SSSR count). The molecule has 1 aromatic carbocycles. The van der Waals surface area contributed by atoms with Crippen molar-refractivity contribution in [2.75, 3.05) is 6.54 Å². The number of hydrogen-bond acceptors (Lipinski definition) is 3. The van der Waals surface area contributed by atoms with Crippen LogP contribution in [-0.2, 0) is 10.0 Å². The summed E-state index contributed by atoms with van der Waals surface area (Å²) in [5, 5.41) is 7.18. The largest absolute Gasteiger partial charge is 0.387 e. The van der Waals surface area contributed by atoms with Gasteiger partial charge in [0.25, 0.3) is 0 Å². The lowest BCUT2D eigenvalue weighted by molar-refractivity contribution is 0.574. The topological polar surface area (TPSA) is 96.0 Å². The van der Waals surface area contributed by atoms with Crippen molar-refractivity contribution in [2.24, 2.45) is 11.7 Å². The van der Waals surface area contributed by atoms with Gasteiger partial charge in [-0.05, 0) is 19.1 Å². The Hall–Kier alpha value is -1.40. The van der Waals surface area contributed by atoms with E-state index >= 15 is 0 Å². The zero-order chi connectivity index (χ0) is 13.1. The maximum atomic E-state index is 11.8. The van der Waals surface area contributed by atoms with Gasteiger partial charge in [-0.15, -0.1) is 0 Å². The predicted molar refractivity (Wildman–Crippen MR) is 67.4 cm³/mol. The standard InChI is InChI=1S/C11H17N3O2S/c1-8-3-5-10(6-4-8)17(15,16)14-7-9(2)11(12)13/h3-6,9,14H,7H2,1-2H3,(H3,12,13). The lowest BCUT2D eigenvalue weighted by atomic mass is 10.2. The van der Waals surface area contributed by atoms with E-state index in [9.17, 15) is 8.42 Å². The van der Waals surface area contributed by atoms with Crippen LogP contribution >= 0.6 is 0 Å². The molecule has 0 aliphatic heterocycles. The van der Waals surface area contributed by atoms with Gasteiger partial charge in [-0.2, -0.15) is 0 Å². The number of aryl methyl sites for hydroxylation is 1. The summed E-state index contributed by atoms with van der Waals surface area (Å²) < 4.78 is 26.1. The Morgan fingerprint density at radius 2 is 1.94 bits per heavy atom. The Balaban J connectivity index is 2.76. The van der Waals surface area contributed by atoms with E-state index in [1.165, 1.54) is 0 Å². The van der Waals surface area contributed by atoms with Crippen LogP contribution in [0.4, 0.5) is 0 Å². The predicted octanol–water partition coefficient (Wildman–Crippen LogP) is 0.845. The molecule has 0 amide bonds. The van der Waals surface area contributed by atoms with E-state index in [-0.39, 0.29) is 23.2 Å².